The first-order valence-electron chi connectivity index (χ1n) is 6.96. The van der Waals surface area contributed by atoms with Crippen molar-refractivity contribution < 1.29 is 22.4 Å². The van der Waals surface area contributed by atoms with Gasteiger partial charge in [-0.25, -0.2) is 0 Å². The molecule has 0 fully saturated rings. The van der Waals surface area contributed by atoms with Gasteiger partial charge in [0.05, 0.1) is 10.9 Å². The average Bonchev–Trinajstić information content (AvgIpc) is 2.54. The van der Waals surface area contributed by atoms with Gasteiger partial charge in [0.15, 0.2) is 11.2 Å². The molecule has 1 aromatic heterocycles. The summed E-state index contributed by atoms with van der Waals surface area (Å²) in [6, 6.07) is 9.75. The Morgan fingerprint density at radius 3 is 2.36 bits per heavy atom. The lowest BCUT2D eigenvalue weighted by molar-refractivity contribution is -0.137. The Kier molecular flexibility index (Phi) is 4.38. The molecule has 8 heteroatoms. The third-order valence-electron chi connectivity index (χ3n) is 3.39. The zero-order chi connectivity index (χ0) is 18.2. The maximum atomic E-state index is 12.5. The number of carbonyl (C=O) groups is 1. The van der Waals surface area contributed by atoms with Crippen molar-refractivity contribution in [1.82, 2.24) is 0 Å². The molecule has 3 aromatic rings. The summed E-state index contributed by atoms with van der Waals surface area (Å²) in [5, 5.41) is 2.71. The minimum Gasteiger partial charge on any atom is -0.451 e. The highest BCUT2D eigenvalue weighted by Crippen LogP contribution is 2.30. The smallest absolute Gasteiger partial charge is 0.416 e. The minimum atomic E-state index is -4.46. The van der Waals surface area contributed by atoms with E-state index in [4.69, 9.17) is 4.42 Å². The highest BCUT2D eigenvalue weighted by atomic mass is 79.9. The number of benzene rings is 2. The van der Waals surface area contributed by atoms with Crippen LogP contribution in [0, 0.1) is 0 Å². The zero-order valence-corrected chi connectivity index (χ0v) is 13.9. The van der Waals surface area contributed by atoms with E-state index in [-0.39, 0.29) is 17.0 Å². The molecule has 0 radical (unpaired) electrons. The van der Waals surface area contributed by atoms with Crippen LogP contribution in [-0.2, 0) is 6.18 Å². The fourth-order valence-electron chi connectivity index (χ4n) is 2.18. The molecule has 25 heavy (non-hydrogen) atoms. The van der Waals surface area contributed by atoms with E-state index in [0.29, 0.717) is 9.86 Å². The van der Waals surface area contributed by atoms with Crippen LogP contribution >= 0.6 is 15.9 Å². The Morgan fingerprint density at radius 2 is 1.72 bits per heavy atom. The normalized spacial score (nSPS) is 11.5. The average molecular weight is 412 g/mol. The fourth-order valence-corrected chi connectivity index (χ4v) is 2.52. The molecule has 0 saturated heterocycles. The van der Waals surface area contributed by atoms with E-state index in [1.165, 1.54) is 0 Å². The van der Waals surface area contributed by atoms with Crippen LogP contribution in [-0.4, -0.2) is 5.91 Å². The third-order valence-corrected chi connectivity index (χ3v) is 3.88. The van der Waals surface area contributed by atoms with Crippen molar-refractivity contribution in [2.45, 2.75) is 6.18 Å². The van der Waals surface area contributed by atoms with Crippen LogP contribution < -0.4 is 10.7 Å². The van der Waals surface area contributed by atoms with Crippen molar-refractivity contribution in [1.29, 1.82) is 0 Å². The van der Waals surface area contributed by atoms with Gasteiger partial charge in [-0.2, -0.15) is 13.2 Å². The van der Waals surface area contributed by atoms with Crippen LogP contribution in [0.1, 0.15) is 16.1 Å². The number of amides is 1. The van der Waals surface area contributed by atoms with Crippen LogP contribution in [0.25, 0.3) is 11.0 Å². The van der Waals surface area contributed by atoms with Crippen molar-refractivity contribution in [3.05, 3.63) is 74.6 Å². The number of carbonyl (C=O) groups excluding carboxylic acids is 1. The molecule has 0 bridgehead atoms. The molecule has 0 atom stereocenters. The van der Waals surface area contributed by atoms with E-state index in [9.17, 15) is 22.8 Å². The fraction of sp³-hybridized carbons (Fsp3) is 0.0588. The summed E-state index contributed by atoms with van der Waals surface area (Å²) in [5.41, 5.74) is -0.853. The van der Waals surface area contributed by atoms with Gasteiger partial charge in [-0.1, -0.05) is 15.9 Å². The second-order valence-electron chi connectivity index (χ2n) is 5.14. The van der Waals surface area contributed by atoms with Gasteiger partial charge < -0.3 is 9.73 Å². The molecular formula is C17H9BrF3NO3. The molecule has 1 amide bonds. The number of rotatable bonds is 2. The molecule has 0 aliphatic heterocycles. The van der Waals surface area contributed by atoms with Crippen molar-refractivity contribution in [2.75, 3.05) is 5.32 Å². The maximum absolute atomic E-state index is 12.5. The third kappa shape index (κ3) is 3.74. The molecule has 0 aliphatic carbocycles. The van der Waals surface area contributed by atoms with Gasteiger partial charge in [0.1, 0.15) is 5.58 Å². The summed E-state index contributed by atoms with van der Waals surface area (Å²) in [4.78, 5) is 24.2. The van der Waals surface area contributed by atoms with Gasteiger partial charge >= 0.3 is 6.18 Å². The standard InChI is InChI=1S/C17H9BrF3NO3/c18-10-3-6-12-13(23)8-15(25-14(12)7-10)16(24)22-11-4-1-9(2-5-11)17(19,20)21/h1-8H,(H,22,24). The van der Waals surface area contributed by atoms with Crippen LogP contribution in [0.3, 0.4) is 0 Å². The van der Waals surface area contributed by atoms with Gasteiger partial charge in [-0.15, -0.1) is 0 Å². The molecule has 4 nitrogen and oxygen atoms in total. The van der Waals surface area contributed by atoms with Crippen molar-refractivity contribution >= 4 is 38.5 Å². The monoisotopic (exact) mass is 411 g/mol. The number of nitrogens with one attached hydrogen (secondary N) is 1. The summed E-state index contributed by atoms with van der Waals surface area (Å²) >= 11 is 3.24. The first-order valence-corrected chi connectivity index (χ1v) is 7.75. The number of alkyl halides is 3. The first-order chi connectivity index (χ1) is 11.7. The summed E-state index contributed by atoms with van der Waals surface area (Å²) in [6.45, 7) is 0. The van der Waals surface area contributed by atoms with E-state index < -0.39 is 23.1 Å². The van der Waals surface area contributed by atoms with Gasteiger partial charge in [-0.3, -0.25) is 9.59 Å². The molecule has 2 aromatic carbocycles. The minimum absolute atomic E-state index is 0.148. The lowest BCUT2D eigenvalue weighted by atomic mass is 10.2. The summed E-state index contributed by atoms with van der Waals surface area (Å²) < 4.78 is 43.7. The Bertz CT molecular complexity index is 1010. The molecule has 1 N–H and O–H groups in total. The molecule has 1 heterocycles. The van der Waals surface area contributed by atoms with E-state index in [0.717, 1.165) is 30.3 Å². The number of fused-ring (bicyclic) bond motifs is 1. The predicted molar refractivity (Wildman–Crippen MR) is 89.6 cm³/mol. The van der Waals surface area contributed by atoms with Crippen molar-refractivity contribution in [2.24, 2.45) is 0 Å². The van der Waals surface area contributed by atoms with Gasteiger partial charge in [0, 0.05) is 16.2 Å². The van der Waals surface area contributed by atoms with Crippen LogP contribution in [0.5, 0.6) is 0 Å². The predicted octanol–water partition coefficient (Wildman–Crippen LogP) is 4.83. The van der Waals surface area contributed by atoms with E-state index in [1.54, 1.807) is 18.2 Å². The lowest BCUT2D eigenvalue weighted by Crippen LogP contribution is -2.15. The lowest BCUT2D eigenvalue weighted by Gasteiger charge is -2.09. The van der Waals surface area contributed by atoms with Gasteiger partial charge in [-0.05, 0) is 42.5 Å². The van der Waals surface area contributed by atoms with Crippen LogP contribution in [0.15, 0.2) is 62.2 Å². The molecule has 3 rings (SSSR count). The molecule has 0 aliphatic rings. The van der Waals surface area contributed by atoms with E-state index in [2.05, 4.69) is 21.2 Å². The van der Waals surface area contributed by atoms with Crippen LogP contribution in [0.2, 0.25) is 0 Å². The number of hydrogen-bond acceptors (Lipinski definition) is 3. The van der Waals surface area contributed by atoms with Crippen molar-refractivity contribution in [3.8, 4) is 0 Å². The Hall–Kier alpha value is -2.61. The van der Waals surface area contributed by atoms with E-state index >= 15 is 0 Å². The summed E-state index contributed by atoms with van der Waals surface area (Å²) in [6.07, 6.45) is -4.46. The second kappa shape index (κ2) is 6.36. The molecule has 0 unspecified atom stereocenters. The molecular weight excluding hydrogens is 403 g/mol. The van der Waals surface area contributed by atoms with Crippen molar-refractivity contribution in [3.63, 3.8) is 0 Å². The number of hydrogen-bond donors (Lipinski definition) is 1. The first kappa shape index (κ1) is 17.2. The number of halogens is 4. The maximum Gasteiger partial charge on any atom is 0.416 e. The van der Waals surface area contributed by atoms with Crippen LogP contribution in [0.4, 0.5) is 18.9 Å². The Morgan fingerprint density at radius 1 is 1.04 bits per heavy atom. The van der Waals surface area contributed by atoms with Gasteiger partial charge in [0.2, 0.25) is 0 Å². The summed E-state index contributed by atoms with van der Waals surface area (Å²) in [7, 11) is 0. The van der Waals surface area contributed by atoms with E-state index in [1.807, 2.05) is 0 Å². The highest BCUT2D eigenvalue weighted by Gasteiger charge is 2.30. The quantitative estimate of drug-likeness (QED) is 0.656. The summed E-state index contributed by atoms with van der Waals surface area (Å²) in [5.74, 6) is -0.978. The zero-order valence-electron chi connectivity index (χ0n) is 12.4. The SMILES string of the molecule is O=C(Nc1ccc(C(F)(F)F)cc1)c1cc(=O)c2ccc(Br)cc2o1. The molecule has 0 saturated carbocycles. The Labute approximate surface area is 147 Å². The highest BCUT2D eigenvalue weighted by molar-refractivity contribution is 9.10. The largest absolute Gasteiger partial charge is 0.451 e. The second-order valence-corrected chi connectivity index (χ2v) is 6.06. The Balaban J connectivity index is 1.88. The molecule has 0 spiro atoms. The van der Waals surface area contributed by atoms with Gasteiger partial charge in [0.25, 0.3) is 5.91 Å². The number of anilines is 1. The topological polar surface area (TPSA) is 59.3 Å². The molecule has 128 valence electrons.